The Morgan fingerprint density at radius 3 is 1.47 bits per heavy atom. The molecule has 0 saturated carbocycles. The van der Waals surface area contributed by atoms with Gasteiger partial charge in [-0.3, -0.25) is 9.59 Å². The number of hydrogen-bond donors (Lipinski definition) is 0. The average Bonchev–Trinajstić information content (AvgIpc) is 3.05. The summed E-state index contributed by atoms with van der Waals surface area (Å²) in [7, 11) is 1.43. The molecule has 0 aliphatic carbocycles. The van der Waals surface area contributed by atoms with Crippen LogP contribution in [0.1, 0.15) is 48.1 Å². The lowest BCUT2D eigenvalue weighted by Crippen LogP contribution is -2.19. The van der Waals surface area contributed by atoms with Gasteiger partial charge in [-0.05, 0) is 28.3 Å². The van der Waals surface area contributed by atoms with Gasteiger partial charge in [-0.15, -0.1) is 0 Å². The Kier molecular flexibility index (Phi) is 15.5. The minimum atomic E-state index is -0.348. The number of benzene rings is 4. The Balaban J connectivity index is 0.000000276. The summed E-state index contributed by atoms with van der Waals surface area (Å²) in [6.45, 7) is 3.32. The van der Waals surface area contributed by atoms with Gasteiger partial charge in [0.2, 0.25) is 0 Å². The van der Waals surface area contributed by atoms with Crippen LogP contribution in [0.15, 0.2) is 133 Å². The monoisotopic (exact) mass is 576 g/mol. The maximum Gasteiger partial charge on any atom is 0.373 e. The summed E-state index contributed by atoms with van der Waals surface area (Å²) >= 11 is 0. The molecule has 0 amide bonds. The van der Waals surface area contributed by atoms with Crippen molar-refractivity contribution in [1.29, 1.82) is 0 Å². The summed E-state index contributed by atoms with van der Waals surface area (Å²) in [5, 5.41) is 0. The molecule has 0 spiro atoms. The van der Waals surface area contributed by atoms with Gasteiger partial charge in [0.15, 0.2) is 0 Å². The molecule has 4 rings (SSSR count). The van der Waals surface area contributed by atoms with Gasteiger partial charge in [0.05, 0.1) is 13.0 Å². The molecule has 3 unspecified atom stereocenters. The Bertz CT molecular complexity index is 1440. The zero-order valence-electron chi connectivity index (χ0n) is 24.5. The number of esters is 2. The SMILES string of the molecule is CC(=O)OC(/C=C/c1ccccc1)c1ccccc1.COC(=O)C(C)C(/C=C/c1ccccc1)c1ccccc1.O=C=O. The molecule has 0 fully saturated rings. The van der Waals surface area contributed by atoms with Crippen LogP contribution in [0.4, 0.5) is 0 Å². The van der Waals surface area contributed by atoms with Crippen molar-refractivity contribution < 1.29 is 28.7 Å². The number of carbonyl (C=O) groups is 2. The Morgan fingerprint density at radius 2 is 1.05 bits per heavy atom. The molecule has 43 heavy (non-hydrogen) atoms. The standard InChI is InChI=1S/C19H20O2.C17H16O2.CO2/c1-15(19(20)21-2)18(17-11-7-4-8-12-17)14-13-16-9-5-3-6-10-16;1-14(18)19-17(16-10-6-3-7-11-16)13-12-15-8-4-2-5-9-15;2-1-3/h3-15,18H,1-2H3;2-13,17H,1H3;/b14-13+;13-12+;. The third-order valence-electron chi connectivity index (χ3n) is 6.28. The molecule has 0 aliphatic rings. The summed E-state index contributed by atoms with van der Waals surface area (Å²) < 4.78 is 10.2. The van der Waals surface area contributed by atoms with E-state index in [2.05, 4.69) is 12.2 Å². The van der Waals surface area contributed by atoms with E-state index in [0.717, 1.165) is 22.3 Å². The lowest BCUT2D eigenvalue weighted by Gasteiger charge is -2.19. The Labute approximate surface area is 253 Å². The van der Waals surface area contributed by atoms with E-state index in [1.807, 2.05) is 140 Å². The molecule has 0 aromatic heterocycles. The maximum absolute atomic E-state index is 11.9. The van der Waals surface area contributed by atoms with Crippen LogP contribution in [0.5, 0.6) is 0 Å². The topological polar surface area (TPSA) is 86.7 Å². The quantitative estimate of drug-likeness (QED) is 0.190. The van der Waals surface area contributed by atoms with Crippen LogP contribution in [0.25, 0.3) is 12.2 Å². The van der Waals surface area contributed by atoms with Crippen molar-refractivity contribution in [3.8, 4) is 0 Å². The van der Waals surface area contributed by atoms with Crippen molar-refractivity contribution in [2.24, 2.45) is 5.92 Å². The average molecular weight is 577 g/mol. The number of rotatable bonds is 9. The second-order valence-electron chi connectivity index (χ2n) is 9.31. The van der Waals surface area contributed by atoms with E-state index in [9.17, 15) is 9.59 Å². The van der Waals surface area contributed by atoms with E-state index in [0.29, 0.717) is 0 Å². The van der Waals surface area contributed by atoms with Crippen LogP contribution >= 0.6 is 0 Å². The van der Waals surface area contributed by atoms with E-state index in [-0.39, 0.29) is 36.0 Å². The second-order valence-corrected chi connectivity index (χ2v) is 9.31. The molecule has 4 aromatic carbocycles. The van der Waals surface area contributed by atoms with Crippen molar-refractivity contribution >= 4 is 30.2 Å². The van der Waals surface area contributed by atoms with Crippen LogP contribution in [0.3, 0.4) is 0 Å². The molecule has 6 heteroatoms. The summed E-state index contributed by atoms with van der Waals surface area (Å²) in [5.74, 6) is -0.704. The fourth-order valence-corrected chi connectivity index (χ4v) is 4.16. The number of allylic oxidation sites excluding steroid dienone is 1. The highest BCUT2D eigenvalue weighted by Crippen LogP contribution is 2.28. The van der Waals surface area contributed by atoms with Gasteiger partial charge in [-0.25, -0.2) is 0 Å². The first kappa shape index (κ1) is 33.9. The van der Waals surface area contributed by atoms with Crippen molar-refractivity contribution in [1.82, 2.24) is 0 Å². The van der Waals surface area contributed by atoms with E-state index >= 15 is 0 Å². The smallest absolute Gasteiger partial charge is 0.373 e. The van der Waals surface area contributed by atoms with Gasteiger partial charge in [0.1, 0.15) is 6.10 Å². The predicted octanol–water partition coefficient (Wildman–Crippen LogP) is 7.71. The highest BCUT2D eigenvalue weighted by Gasteiger charge is 2.24. The van der Waals surface area contributed by atoms with Crippen molar-refractivity contribution in [2.45, 2.75) is 25.9 Å². The highest BCUT2D eigenvalue weighted by molar-refractivity contribution is 5.74. The van der Waals surface area contributed by atoms with Gasteiger partial charge < -0.3 is 9.47 Å². The van der Waals surface area contributed by atoms with E-state index in [1.165, 1.54) is 14.0 Å². The summed E-state index contributed by atoms with van der Waals surface area (Å²) in [5.41, 5.74) is 4.28. The minimum Gasteiger partial charge on any atom is -0.469 e. The number of methoxy groups -OCH3 is 1. The number of carbonyl (C=O) groups excluding carboxylic acids is 4. The van der Waals surface area contributed by atoms with Crippen LogP contribution in [0, 0.1) is 5.92 Å². The first-order valence-electron chi connectivity index (χ1n) is 13.7. The zero-order chi connectivity index (χ0) is 31.3. The molecule has 0 radical (unpaired) electrons. The Hall–Kier alpha value is -5.32. The molecular formula is C37H36O6. The molecule has 6 nitrogen and oxygen atoms in total. The van der Waals surface area contributed by atoms with Gasteiger partial charge in [0, 0.05) is 12.8 Å². The molecule has 0 saturated heterocycles. The lowest BCUT2D eigenvalue weighted by molar-refractivity contribution is -0.191. The van der Waals surface area contributed by atoms with Gasteiger partial charge in [-0.1, -0.05) is 146 Å². The normalized spacial score (nSPS) is 12.3. The maximum atomic E-state index is 11.9. The van der Waals surface area contributed by atoms with Gasteiger partial charge in [0.25, 0.3) is 0 Å². The second kappa shape index (κ2) is 19.7. The van der Waals surface area contributed by atoms with Gasteiger partial charge >= 0.3 is 18.1 Å². The predicted molar refractivity (Wildman–Crippen MR) is 167 cm³/mol. The summed E-state index contributed by atoms with van der Waals surface area (Å²) in [4.78, 5) is 39.3. The van der Waals surface area contributed by atoms with E-state index in [4.69, 9.17) is 19.1 Å². The van der Waals surface area contributed by atoms with E-state index < -0.39 is 0 Å². The first-order valence-corrected chi connectivity index (χ1v) is 13.7. The van der Waals surface area contributed by atoms with Crippen molar-refractivity contribution in [3.63, 3.8) is 0 Å². The number of hydrogen-bond acceptors (Lipinski definition) is 6. The minimum absolute atomic E-state index is 0.00106. The van der Waals surface area contributed by atoms with Crippen molar-refractivity contribution in [2.75, 3.05) is 7.11 Å². The molecule has 4 aromatic rings. The molecule has 0 N–H and O–H groups in total. The third-order valence-corrected chi connectivity index (χ3v) is 6.28. The van der Waals surface area contributed by atoms with Crippen LogP contribution in [-0.4, -0.2) is 25.2 Å². The van der Waals surface area contributed by atoms with E-state index in [1.54, 1.807) is 0 Å². The molecule has 0 bridgehead atoms. The fourth-order valence-electron chi connectivity index (χ4n) is 4.16. The molecule has 220 valence electrons. The van der Waals surface area contributed by atoms with Crippen LogP contribution < -0.4 is 0 Å². The number of ether oxygens (including phenoxy) is 2. The summed E-state index contributed by atoms with van der Waals surface area (Å²) in [6, 6.07) is 39.7. The lowest BCUT2D eigenvalue weighted by atomic mass is 9.86. The first-order chi connectivity index (χ1) is 20.9. The Morgan fingerprint density at radius 1 is 0.651 bits per heavy atom. The molecule has 3 atom stereocenters. The van der Waals surface area contributed by atoms with Crippen LogP contribution in [-0.2, 0) is 28.7 Å². The van der Waals surface area contributed by atoms with Crippen LogP contribution in [0.2, 0.25) is 0 Å². The summed E-state index contributed by atoms with van der Waals surface area (Å²) in [6.07, 6.45) is 7.88. The highest BCUT2D eigenvalue weighted by atomic mass is 16.5. The largest absolute Gasteiger partial charge is 0.469 e. The van der Waals surface area contributed by atoms with Crippen molar-refractivity contribution in [3.05, 3.63) is 156 Å². The molecule has 0 aliphatic heterocycles. The third kappa shape index (κ3) is 12.8. The fraction of sp³-hybridized carbons (Fsp3) is 0.162. The molecular weight excluding hydrogens is 540 g/mol. The zero-order valence-corrected chi connectivity index (χ0v) is 24.5. The molecule has 0 heterocycles. The van der Waals surface area contributed by atoms with Gasteiger partial charge in [-0.2, -0.15) is 9.59 Å².